The molecule has 1 aliphatic heterocycles. The number of thiophene rings is 1. The predicted octanol–water partition coefficient (Wildman–Crippen LogP) is 2.87. The van der Waals surface area contributed by atoms with Crippen molar-refractivity contribution in [3.8, 4) is 16.6 Å². The molecule has 0 unspecified atom stereocenters. The van der Waals surface area contributed by atoms with Crippen LogP contribution in [0.1, 0.15) is 37.3 Å². The van der Waals surface area contributed by atoms with E-state index in [9.17, 15) is 4.79 Å². The molecule has 0 aromatic carbocycles. The van der Waals surface area contributed by atoms with Gasteiger partial charge < -0.3 is 14.4 Å². The van der Waals surface area contributed by atoms with Crippen LogP contribution in [0.25, 0.3) is 10.7 Å². The monoisotopic (exact) mass is 429 g/mol. The van der Waals surface area contributed by atoms with Crippen LogP contribution in [0.2, 0.25) is 0 Å². The smallest absolute Gasteiger partial charge is 0.409 e. The summed E-state index contributed by atoms with van der Waals surface area (Å²) >= 11 is 1.58. The van der Waals surface area contributed by atoms with Crippen molar-refractivity contribution < 1.29 is 14.3 Å². The lowest BCUT2D eigenvalue weighted by molar-refractivity contribution is 0.0906. The van der Waals surface area contributed by atoms with Crippen LogP contribution in [0.3, 0.4) is 0 Å². The molecule has 158 valence electrons. The summed E-state index contributed by atoms with van der Waals surface area (Å²) in [7, 11) is 0. The Morgan fingerprint density at radius 1 is 1.30 bits per heavy atom. The van der Waals surface area contributed by atoms with Gasteiger partial charge in [-0.25, -0.2) is 14.5 Å². The molecule has 4 rings (SSSR count). The molecule has 0 bridgehead atoms. The van der Waals surface area contributed by atoms with Crippen molar-refractivity contribution in [3.63, 3.8) is 0 Å². The first-order chi connectivity index (χ1) is 14.6. The minimum absolute atomic E-state index is 0.109. The maximum absolute atomic E-state index is 11.9. The first-order valence-electron chi connectivity index (χ1n) is 9.85. The highest BCUT2D eigenvalue weighted by molar-refractivity contribution is 7.13. The van der Waals surface area contributed by atoms with Crippen LogP contribution in [-0.4, -0.2) is 60.9 Å². The first-order valence-corrected chi connectivity index (χ1v) is 10.7. The topological polar surface area (TPSA) is 108 Å². The number of aromatic nitrogens is 6. The molecule has 3 aromatic heterocycles. The molecular formula is C19H23N7O3S. The number of piperidine rings is 1. The second kappa shape index (κ2) is 9.16. The lowest BCUT2D eigenvalue weighted by Crippen LogP contribution is -2.39. The van der Waals surface area contributed by atoms with Gasteiger partial charge >= 0.3 is 6.09 Å². The number of amides is 1. The van der Waals surface area contributed by atoms with Crippen LogP contribution in [0.5, 0.6) is 5.88 Å². The summed E-state index contributed by atoms with van der Waals surface area (Å²) in [6, 6.07) is 5.85. The fourth-order valence-electron chi connectivity index (χ4n) is 3.37. The van der Waals surface area contributed by atoms with Crippen molar-refractivity contribution >= 4 is 17.4 Å². The van der Waals surface area contributed by atoms with Crippen molar-refractivity contribution in [2.45, 2.75) is 39.3 Å². The summed E-state index contributed by atoms with van der Waals surface area (Å²) in [5, 5.41) is 14.1. The van der Waals surface area contributed by atoms with Gasteiger partial charge in [0.2, 0.25) is 5.88 Å². The number of rotatable bonds is 6. The number of nitrogens with zero attached hydrogens (tertiary/aromatic N) is 7. The second-order valence-electron chi connectivity index (χ2n) is 6.89. The number of carbonyl (C=O) groups is 1. The van der Waals surface area contributed by atoms with E-state index in [2.05, 4.69) is 25.5 Å². The van der Waals surface area contributed by atoms with E-state index >= 15 is 0 Å². The van der Waals surface area contributed by atoms with E-state index in [-0.39, 0.29) is 18.7 Å². The van der Waals surface area contributed by atoms with Gasteiger partial charge in [0.15, 0.2) is 18.3 Å². The number of hydrogen-bond acceptors (Lipinski definition) is 9. The summed E-state index contributed by atoms with van der Waals surface area (Å²) in [6.45, 7) is 5.51. The largest absolute Gasteiger partial charge is 0.469 e. The standard InChI is InChI=1S/C19H23N7O3S/c1-3-28-19(27)25-8-6-14(7-9-25)26-16(22-23-24-26)12-29-17-11-13(2)20-18(21-17)15-5-4-10-30-15/h4-5,10-11,14H,3,6-9,12H2,1-2H3. The van der Waals surface area contributed by atoms with Crippen LogP contribution in [0.15, 0.2) is 23.6 Å². The Labute approximate surface area is 177 Å². The minimum Gasteiger partial charge on any atom is -0.469 e. The van der Waals surface area contributed by atoms with Gasteiger partial charge in [0.1, 0.15) is 0 Å². The van der Waals surface area contributed by atoms with Crippen molar-refractivity contribution in [2.75, 3.05) is 19.7 Å². The van der Waals surface area contributed by atoms with Gasteiger partial charge in [0, 0.05) is 24.8 Å². The predicted molar refractivity (Wildman–Crippen MR) is 109 cm³/mol. The maximum atomic E-state index is 11.9. The lowest BCUT2D eigenvalue weighted by atomic mass is 10.1. The number of ether oxygens (including phenoxy) is 2. The molecular weight excluding hydrogens is 406 g/mol. The molecule has 0 radical (unpaired) electrons. The molecule has 1 aliphatic rings. The molecule has 0 N–H and O–H groups in total. The van der Waals surface area contributed by atoms with Gasteiger partial charge in [-0.15, -0.1) is 16.4 Å². The maximum Gasteiger partial charge on any atom is 0.409 e. The summed E-state index contributed by atoms with van der Waals surface area (Å²) in [6.07, 6.45) is 1.25. The number of carbonyl (C=O) groups excluding carboxylic acids is 1. The van der Waals surface area contributed by atoms with Gasteiger partial charge in [0.05, 0.1) is 17.5 Å². The fraction of sp³-hybridized carbons (Fsp3) is 0.474. The molecule has 10 nitrogen and oxygen atoms in total. The van der Waals surface area contributed by atoms with Gasteiger partial charge in [-0.1, -0.05) is 6.07 Å². The zero-order valence-corrected chi connectivity index (χ0v) is 17.7. The van der Waals surface area contributed by atoms with Crippen molar-refractivity contribution in [1.29, 1.82) is 0 Å². The zero-order valence-electron chi connectivity index (χ0n) is 16.9. The van der Waals surface area contributed by atoms with Gasteiger partial charge in [0.25, 0.3) is 0 Å². The van der Waals surface area contributed by atoms with Gasteiger partial charge in [-0.2, -0.15) is 4.98 Å². The van der Waals surface area contributed by atoms with Crippen LogP contribution in [0, 0.1) is 6.92 Å². The molecule has 1 amide bonds. The van der Waals surface area contributed by atoms with Crippen molar-refractivity contribution in [3.05, 3.63) is 35.1 Å². The highest BCUT2D eigenvalue weighted by Crippen LogP contribution is 2.25. The third-order valence-electron chi connectivity index (χ3n) is 4.82. The molecule has 0 spiro atoms. The van der Waals surface area contributed by atoms with Crippen LogP contribution in [-0.2, 0) is 11.3 Å². The van der Waals surface area contributed by atoms with Crippen LogP contribution < -0.4 is 4.74 Å². The molecule has 0 aliphatic carbocycles. The van der Waals surface area contributed by atoms with E-state index in [0.717, 1.165) is 23.4 Å². The quantitative estimate of drug-likeness (QED) is 0.588. The van der Waals surface area contributed by atoms with E-state index < -0.39 is 0 Å². The van der Waals surface area contributed by atoms with Crippen molar-refractivity contribution in [1.82, 2.24) is 35.1 Å². The molecule has 3 aromatic rings. The molecule has 1 fully saturated rings. The second-order valence-corrected chi connectivity index (χ2v) is 7.84. The molecule has 0 saturated carbocycles. The lowest BCUT2D eigenvalue weighted by Gasteiger charge is -2.31. The SMILES string of the molecule is CCOC(=O)N1CCC(n2nnnc2COc2cc(C)nc(-c3cccs3)n2)CC1. The Bertz CT molecular complexity index is 984. The molecule has 1 saturated heterocycles. The fourth-order valence-corrected chi connectivity index (χ4v) is 4.02. The first kappa shape index (κ1) is 20.2. The van der Waals surface area contributed by atoms with E-state index in [1.807, 2.05) is 24.4 Å². The average molecular weight is 430 g/mol. The third-order valence-corrected chi connectivity index (χ3v) is 5.68. The van der Waals surface area contributed by atoms with E-state index in [4.69, 9.17) is 9.47 Å². The minimum atomic E-state index is -0.267. The van der Waals surface area contributed by atoms with E-state index in [0.29, 0.717) is 37.2 Å². The third kappa shape index (κ3) is 4.56. The Kier molecular flexibility index (Phi) is 6.17. The zero-order chi connectivity index (χ0) is 20.9. The highest BCUT2D eigenvalue weighted by atomic mass is 32.1. The summed E-state index contributed by atoms with van der Waals surface area (Å²) in [4.78, 5) is 23.6. The number of hydrogen-bond donors (Lipinski definition) is 0. The van der Waals surface area contributed by atoms with E-state index in [1.165, 1.54) is 0 Å². The highest BCUT2D eigenvalue weighted by Gasteiger charge is 2.27. The summed E-state index contributed by atoms with van der Waals surface area (Å²) in [5.41, 5.74) is 0.828. The number of tetrazole rings is 1. The van der Waals surface area contributed by atoms with E-state index in [1.54, 1.807) is 33.9 Å². The van der Waals surface area contributed by atoms with Crippen LogP contribution >= 0.6 is 11.3 Å². The van der Waals surface area contributed by atoms with Gasteiger partial charge in [-0.05, 0) is 48.6 Å². The Hall–Kier alpha value is -3.08. The Balaban J connectivity index is 1.40. The van der Waals surface area contributed by atoms with Gasteiger partial charge in [-0.3, -0.25) is 0 Å². The number of likely N-dealkylation sites (tertiary alicyclic amines) is 1. The average Bonchev–Trinajstić information content (AvgIpc) is 3.44. The molecule has 30 heavy (non-hydrogen) atoms. The van der Waals surface area contributed by atoms with Crippen molar-refractivity contribution in [2.24, 2.45) is 0 Å². The Morgan fingerprint density at radius 3 is 2.87 bits per heavy atom. The Morgan fingerprint density at radius 2 is 2.13 bits per heavy atom. The number of aryl methyl sites for hydroxylation is 1. The summed E-state index contributed by atoms with van der Waals surface area (Å²) in [5.74, 6) is 1.75. The summed E-state index contributed by atoms with van der Waals surface area (Å²) < 4.78 is 12.8. The molecule has 11 heteroatoms. The molecule has 0 atom stereocenters. The molecule has 4 heterocycles. The normalized spacial score (nSPS) is 14.7. The van der Waals surface area contributed by atoms with Crippen LogP contribution in [0.4, 0.5) is 4.79 Å².